The fraction of sp³-hybridized carbons (Fsp3) is 0.568. The standard InChI is InChI=1S/C44H65N5O12S/c1-33(2)42(48-41(53)14-18-58-20-22-60-24-26-61-25-23-59-21-19-57-17-13-40(52)46-15-16-50)43(54)47-36(27-34-9-5-3-6-10-34)29-39(51)38(28-35-11-7-4-8-12-35)49(44(55)56)31-37-30-45-32-62-37/h3-12,30,32-33,36,38-39,42,50-51H,13-29,31H2,1-2H3,(H,46,52)(H,47,54)(H,48,53)(H,55,56)/t36-,38-,39-,42-/m0/s1. The normalized spacial score (nSPS) is 13.2. The van der Waals surface area contributed by atoms with Gasteiger partial charge < -0.3 is 55.0 Å². The van der Waals surface area contributed by atoms with Gasteiger partial charge in [0.2, 0.25) is 17.7 Å². The van der Waals surface area contributed by atoms with Crippen LogP contribution in [0.25, 0.3) is 0 Å². The SMILES string of the molecule is CC(C)[C@H](NC(=O)CCOCCOCCOCCOCCOCCC(=O)NCCO)C(=O)N[C@@H](Cc1ccccc1)C[C@H](O)[C@H](Cc1ccccc1)N(Cc1cncs1)C(=O)O. The molecule has 0 unspecified atom stereocenters. The first-order chi connectivity index (χ1) is 30.1. The number of hydrogen-bond acceptors (Lipinski definition) is 13. The lowest BCUT2D eigenvalue weighted by Crippen LogP contribution is -2.54. The van der Waals surface area contributed by atoms with E-state index in [1.54, 1.807) is 11.7 Å². The van der Waals surface area contributed by atoms with E-state index >= 15 is 0 Å². The zero-order valence-corrected chi connectivity index (χ0v) is 36.7. The number of aliphatic hydroxyl groups is 2. The van der Waals surface area contributed by atoms with Crippen molar-refractivity contribution in [2.24, 2.45) is 5.92 Å². The minimum absolute atomic E-state index is 0.0305. The molecule has 344 valence electrons. The molecular formula is C44H65N5O12S. The zero-order valence-electron chi connectivity index (χ0n) is 35.9. The smallest absolute Gasteiger partial charge is 0.407 e. The third-order valence-electron chi connectivity index (χ3n) is 9.52. The summed E-state index contributed by atoms with van der Waals surface area (Å²) < 4.78 is 27.3. The molecule has 1 aromatic heterocycles. The summed E-state index contributed by atoms with van der Waals surface area (Å²) >= 11 is 1.33. The first-order valence-electron chi connectivity index (χ1n) is 21.1. The number of carbonyl (C=O) groups is 4. The molecule has 3 aromatic rings. The highest BCUT2D eigenvalue weighted by molar-refractivity contribution is 7.09. The lowest BCUT2D eigenvalue weighted by Gasteiger charge is -2.35. The Morgan fingerprint density at radius 2 is 1.24 bits per heavy atom. The monoisotopic (exact) mass is 887 g/mol. The van der Waals surface area contributed by atoms with Crippen molar-refractivity contribution in [2.45, 2.75) is 76.7 Å². The van der Waals surface area contributed by atoms with E-state index in [9.17, 15) is 29.4 Å². The molecule has 0 aliphatic rings. The lowest BCUT2D eigenvalue weighted by atomic mass is 9.92. The zero-order chi connectivity index (χ0) is 44.8. The van der Waals surface area contributed by atoms with Crippen LogP contribution in [-0.4, -0.2) is 152 Å². The van der Waals surface area contributed by atoms with Crippen molar-refractivity contribution in [1.29, 1.82) is 0 Å². The van der Waals surface area contributed by atoms with Crippen molar-refractivity contribution in [1.82, 2.24) is 25.8 Å². The Hall–Kier alpha value is -4.53. The highest BCUT2D eigenvalue weighted by Gasteiger charge is 2.34. The molecule has 4 amide bonds. The van der Waals surface area contributed by atoms with Gasteiger partial charge in [0.25, 0.3) is 0 Å². The van der Waals surface area contributed by atoms with Crippen LogP contribution < -0.4 is 16.0 Å². The minimum Gasteiger partial charge on any atom is -0.465 e. The van der Waals surface area contributed by atoms with Gasteiger partial charge in [-0.3, -0.25) is 24.3 Å². The average Bonchev–Trinajstić information content (AvgIpc) is 3.78. The van der Waals surface area contributed by atoms with Gasteiger partial charge in [0.1, 0.15) is 6.04 Å². The summed E-state index contributed by atoms with van der Waals surface area (Å²) in [5.41, 5.74) is 3.41. The Labute approximate surface area is 368 Å². The number of ether oxygens (including phenoxy) is 5. The van der Waals surface area contributed by atoms with Gasteiger partial charge in [0.15, 0.2) is 0 Å². The number of thiazole rings is 1. The molecule has 0 fully saturated rings. The maximum Gasteiger partial charge on any atom is 0.407 e. The van der Waals surface area contributed by atoms with Crippen LogP contribution in [0, 0.1) is 5.92 Å². The number of carboxylic acid groups (broad SMARTS) is 1. The van der Waals surface area contributed by atoms with Crippen LogP contribution in [0.2, 0.25) is 0 Å². The maximum absolute atomic E-state index is 13.9. The van der Waals surface area contributed by atoms with E-state index in [1.165, 1.54) is 16.2 Å². The molecule has 0 bridgehead atoms. The van der Waals surface area contributed by atoms with Crippen LogP contribution >= 0.6 is 11.3 Å². The van der Waals surface area contributed by atoms with Crippen molar-refractivity contribution in [3.05, 3.63) is 88.4 Å². The fourth-order valence-corrected chi connectivity index (χ4v) is 6.92. The van der Waals surface area contributed by atoms with E-state index in [4.69, 9.17) is 28.8 Å². The lowest BCUT2D eigenvalue weighted by molar-refractivity contribution is -0.131. The van der Waals surface area contributed by atoms with E-state index < -0.39 is 36.2 Å². The van der Waals surface area contributed by atoms with E-state index in [0.29, 0.717) is 52.7 Å². The number of benzene rings is 2. The predicted molar refractivity (Wildman–Crippen MR) is 233 cm³/mol. The number of aliphatic hydroxyl groups excluding tert-OH is 2. The predicted octanol–water partition coefficient (Wildman–Crippen LogP) is 2.83. The Balaban J connectivity index is 1.42. The molecule has 18 heteroatoms. The second-order valence-electron chi connectivity index (χ2n) is 14.8. The van der Waals surface area contributed by atoms with Gasteiger partial charge in [-0.2, -0.15) is 0 Å². The summed E-state index contributed by atoms with van der Waals surface area (Å²) in [5.74, 6) is -1.20. The van der Waals surface area contributed by atoms with Crippen LogP contribution in [0.1, 0.15) is 49.1 Å². The number of amides is 4. The Morgan fingerprint density at radius 1 is 0.726 bits per heavy atom. The number of rotatable bonds is 34. The van der Waals surface area contributed by atoms with Gasteiger partial charge in [0, 0.05) is 36.5 Å². The first kappa shape index (κ1) is 51.8. The summed E-state index contributed by atoms with van der Waals surface area (Å²) in [6.07, 6.45) is 0.195. The van der Waals surface area contributed by atoms with Crippen LogP contribution in [0.5, 0.6) is 0 Å². The summed E-state index contributed by atoms with van der Waals surface area (Å²) in [6.45, 7) is 7.08. The van der Waals surface area contributed by atoms with E-state index in [0.717, 1.165) is 16.0 Å². The minimum atomic E-state index is -1.18. The van der Waals surface area contributed by atoms with Crippen molar-refractivity contribution < 1.29 is 58.2 Å². The molecule has 4 atom stereocenters. The number of nitrogens with one attached hydrogen (secondary N) is 3. The summed E-state index contributed by atoms with van der Waals surface area (Å²) in [5, 5.41) is 39.4. The third-order valence-corrected chi connectivity index (χ3v) is 10.3. The van der Waals surface area contributed by atoms with E-state index in [-0.39, 0.29) is 82.9 Å². The molecule has 3 rings (SSSR count). The van der Waals surface area contributed by atoms with Crippen LogP contribution in [0.4, 0.5) is 4.79 Å². The number of carbonyl (C=O) groups excluding carboxylic acids is 3. The van der Waals surface area contributed by atoms with Gasteiger partial charge in [-0.1, -0.05) is 74.5 Å². The molecule has 6 N–H and O–H groups in total. The second-order valence-corrected chi connectivity index (χ2v) is 15.7. The maximum atomic E-state index is 13.9. The van der Waals surface area contributed by atoms with Crippen molar-refractivity contribution in [2.75, 3.05) is 79.2 Å². The summed E-state index contributed by atoms with van der Waals surface area (Å²) in [6, 6.07) is 16.6. The van der Waals surface area contributed by atoms with Gasteiger partial charge in [0.05, 0.1) is 96.9 Å². The molecule has 62 heavy (non-hydrogen) atoms. The Morgan fingerprint density at radius 3 is 1.73 bits per heavy atom. The van der Waals surface area contributed by atoms with Crippen molar-refractivity contribution in [3.63, 3.8) is 0 Å². The molecule has 1 heterocycles. The quantitative estimate of drug-likeness (QED) is 0.0475. The first-order valence-corrected chi connectivity index (χ1v) is 21.9. The molecule has 17 nitrogen and oxygen atoms in total. The Bertz CT molecular complexity index is 1660. The van der Waals surface area contributed by atoms with Crippen LogP contribution in [-0.2, 0) is 57.5 Å². The number of aromatic nitrogens is 1. The van der Waals surface area contributed by atoms with Gasteiger partial charge in [-0.05, 0) is 36.3 Å². The number of hydrogen-bond donors (Lipinski definition) is 6. The topological polar surface area (TPSA) is 227 Å². The molecule has 0 aliphatic heterocycles. The fourth-order valence-electron chi connectivity index (χ4n) is 6.33. The molecule has 0 aliphatic carbocycles. The van der Waals surface area contributed by atoms with Gasteiger partial charge >= 0.3 is 6.09 Å². The highest BCUT2D eigenvalue weighted by Crippen LogP contribution is 2.22. The molecule has 0 spiro atoms. The van der Waals surface area contributed by atoms with Gasteiger partial charge in [-0.15, -0.1) is 11.3 Å². The van der Waals surface area contributed by atoms with E-state index in [2.05, 4.69) is 20.9 Å². The summed E-state index contributed by atoms with van der Waals surface area (Å²) in [7, 11) is 0. The Kier molecular flexibility index (Phi) is 26.2. The van der Waals surface area contributed by atoms with Gasteiger partial charge in [-0.25, -0.2) is 4.79 Å². The molecule has 2 aromatic carbocycles. The average molecular weight is 888 g/mol. The molecule has 0 saturated carbocycles. The van der Waals surface area contributed by atoms with Crippen LogP contribution in [0.3, 0.4) is 0 Å². The van der Waals surface area contributed by atoms with Crippen molar-refractivity contribution >= 4 is 35.2 Å². The molecule has 0 saturated heterocycles. The molecule has 0 radical (unpaired) electrons. The highest BCUT2D eigenvalue weighted by atomic mass is 32.1. The number of nitrogens with zero attached hydrogens (tertiary/aromatic N) is 2. The largest absolute Gasteiger partial charge is 0.465 e. The third kappa shape index (κ3) is 22.0. The summed E-state index contributed by atoms with van der Waals surface area (Å²) in [4.78, 5) is 57.0. The molecular weight excluding hydrogens is 823 g/mol. The van der Waals surface area contributed by atoms with Crippen molar-refractivity contribution in [3.8, 4) is 0 Å². The second kappa shape index (κ2) is 31.3. The van der Waals surface area contributed by atoms with Crippen LogP contribution in [0.15, 0.2) is 72.4 Å². The van der Waals surface area contributed by atoms with E-state index in [1.807, 2.05) is 74.5 Å².